The first-order valence-electron chi connectivity index (χ1n) is 5.21. The lowest BCUT2D eigenvalue weighted by Crippen LogP contribution is -2.06. The molecule has 0 fully saturated rings. The van der Waals surface area contributed by atoms with Crippen LogP contribution in [0.25, 0.3) is 0 Å². The molecular formula is C13H10ClNO3. The van der Waals surface area contributed by atoms with E-state index in [4.69, 9.17) is 21.4 Å². The van der Waals surface area contributed by atoms with Gasteiger partial charge in [-0.1, -0.05) is 17.7 Å². The monoisotopic (exact) mass is 263 g/mol. The fourth-order valence-corrected chi connectivity index (χ4v) is 1.64. The molecule has 2 rings (SSSR count). The maximum absolute atomic E-state index is 11.0. The van der Waals surface area contributed by atoms with E-state index < -0.39 is 5.97 Å². The standard InChI is InChI=1S/C13H10ClNO3/c14-10-2-1-3-11(6-10)18-8-9-4-5-15-7-12(9)13(16)17/h1-7H,8H2,(H,16,17). The Balaban J connectivity index is 2.13. The van der Waals surface area contributed by atoms with Gasteiger partial charge >= 0.3 is 5.97 Å². The van der Waals surface area contributed by atoms with Crippen LogP contribution in [0.2, 0.25) is 5.02 Å². The number of nitrogens with zero attached hydrogens (tertiary/aromatic N) is 1. The zero-order valence-electron chi connectivity index (χ0n) is 9.34. The largest absolute Gasteiger partial charge is 0.489 e. The molecule has 0 amide bonds. The average Bonchev–Trinajstić information content (AvgIpc) is 2.37. The highest BCUT2D eigenvalue weighted by Crippen LogP contribution is 2.19. The van der Waals surface area contributed by atoms with Crippen molar-refractivity contribution in [1.82, 2.24) is 4.98 Å². The van der Waals surface area contributed by atoms with Crippen molar-refractivity contribution in [1.29, 1.82) is 0 Å². The van der Waals surface area contributed by atoms with Crippen molar-refractivity contribution >= 4 is 17.6 Å². The second-order valence-electron chi connectivity index (χ2n) is 3.58. The van der Waals surface area contributed by atoms with E-state index in [-0.39, 0.29) is 12.2 Å². The number of rotatable bonds is 4. The fourth-order valence-electron chi connectivity index (χ4n) is 1.46. The van der Waals surface area contributed by atoms with Crippen LogP contribution in [-0.2, 0) is 6.61 Å². The molecule has 0 aliphatic carbocycles. The van der Waals surface area contributed by atoms with Gasteiger partial charge in [-0.25, -0.2) is 4.79 Å². The molecule has 0 saturated carbocycles. The number of ether oxygens (including phenoxy) is 1. The van der Waals surface area contributed by atoms with Gasteiger partial charge in [-0.2, -0.15) is 0 Å². The average molecular weight is 264 g/mol. The fraction of sp³-hybridized carbons (Fsp3) is 0.0769. The van der Waals surface area contributed by atoms with Crippen molar-refractivity contribution in [2.24, 2.45) is 0 Å². The van der Waals surface area contributed by atoms with Gasteiger partial charge in [0.25, 0.3) is 0 Å². The maximum Gasteiger partial charge on any atom is 0.337 e. The third-order valence-electron chi connectivity index (χ3n) is 2.33. The molecule has 0 spiro atoms. The number of benzene rings is 1. The predicted octanol–water partition coefficient (Wildman–Crippen LogP) is 3.01. The highest BCUT2D eigenvalue weighted by molar-refractivity contribution is 6.30. The molecule has 0 aliphatic rings. The summed E-state index contributed by atoms with van der Waals surface area (Å²) in [5, 5.41) is 9.56. The molecule has 92 valence electrons. The van der Waals surface area contributed by atoms with Crippen molar-refractivity contribution < 1.29 is 14.6 Å². The number of carboxylic acid groups (broad SMARTS) is 1. The van der Waals surface area contributed by atoms with Crippen LogP contribution >= 0.6 is 11.6 Å². The first-order chi connectivity index (χ1) is 8.66. The van der Waals surface area contributed by atoms with Gasteiger partial charge in [-0.15, -0.1) is 0 Å². The van der Waals surface area contributed by atoms with Gasteiger partial charge in [-0.3, -0.25) is 4.98 Å². The first kappa shape index (κ1) is 12.4. The minimum atomic E-state index is -1.02. The van der Waals surface area contributed by atoms with Crippen LogP contribution in [0.1, 0.15) is 15.9 Å². The summed E-state index contributed by atoms with van der Waals surface area (Å²) in [5.41, 5.74) is 0.706. The summed E-state index contributed by atoms with van der Waals surface area (Å²) < 4.78 is 5.49. The van der Waals surface area contributed by atoms with E-state index in [2.05, 4.69) is 4.98 Å². The van der Waals surface area contributed by atoms with E-state index in [1.807, 2.05) is 0 Å². The van der Waals surface area contributed by atoms with E-state index in [1.54, 1.807) is 30.3 Å². The van der Waals surface area contributed by atoms with E-state index in [1.165, 1.54) is 12.4 Å². The number of halogens is 1. The number of aromatic nitrogens is 1. The molecule has 1 aromatic carbocycles. The predicted molar refractivity (Wildman–Crippen MR) is 67.0 cm³/mol. The second kappa shape index (κ2) is 5.51. The molecule has 0 aliphatic heterocycles. The number of hydrogen-bond donors (Lipinski definition) is 1. The van der Waals surface area contributed by atoms with Gasteiger partial charge in [0.05, 0.1) is 5.56 Å². The van der Waals surface area contributed by atoms with Gasteiger partial charge in [0, 0.05) is 23.0 Å². The third kappa shape index (κ3) is 2.99. The molecular weight excluding hydrogens is 254 g/mol. The Labute approximate surface area is 109 Å². The van der Waals surface area contributed by atoms with Crippen molar-refractivity contribution in [2.45, 2.75) is 6.61 Å². The lowest BCUT2D eigenvalue weighted by molar-refractivity contribution is 0.0693. The molecule has 4 nitrogen and oxygen atoms in total. The van der Waals surface area contributed by atoms with Crippen LogP contribution in [0.5, 0.6) is 5.75 Å². The summed E-state index contributed by atoms with van der Waals surface area (Å²) in [6, 6.07) is 8.55. The molecule has 0 bridgehead atoms. The summed E-state index contributed by atoms with van der Waals surface area (Å²) in [6.07, 6.45) is 2.84. The van der Waals surface area contributed by atoms with Crippen molar-refractivity contribution in [3.8, 4) is 5.75 Å². The normalized spacial score (nSPS) is 10.1. The van der Waals surface area contributed by atoms with Crippen molar-refractivity contribution in [3.05, 3.63) is 58.9 Å². The summed E-state index contributed by atoms with van der Waals surface area (Å²) in [4.78, 5) is 14.7. The molecule has 1 heterocycles. The first-order valence-corrected chi connectivity index (χ1v) is 5.59. The van der Waals surface area contributed by atoms with E-state index in [0.717, 1.165) is 0 Å². The number of carbonyl (C=O) groups is 1. The highest BCUT2D eigenvalue weighted by Gasteiger charge is 2.10. The second-order valence-corrected chi connectivity index (χ2v) is 4.02. The van der Waals surface area contributed by atoms with Gasteiger partial charge < -0.3 is 9.84 Å². The highest BCUT2D eigenvalue weighted by atomic mass is 35.5. The molecule has 1 aromatic heterocycles. The van der Waals surface area contributed by atoms with Crippen LogP contribution < -0.4 is 4.74 Å². The SMILES string of the molecule is O=C(O)c1cnccc1COc1cccc(Cl)c1. The molecule has 18 heavy (non-hydrogen) atoms. The Hall–Kier alpha value is -2.07. The van der Waals surface area contributed by atoms with Crippen molar-refractivity contribution in [2.75, 3.05) is 0 Å². The van der Waals surface area contributed by atoms with E-state index >= 15 is 0 Å². The van der Waals surface area contributed by atoms with Crippen LogP contribution in [-0.4, -0.2) is 16.1 Å². The topological polar surface area (TPSA) is 59.4 Å². The van der Waals surface area contributed by atoms with Gasteiger partial charge in [0.1, 0.15) is 12.4 Å². The molecule has 1 N–H and O–H groups in total. The van der Waals surface area contributed by atoms with Crippen LogP contribution in [0.3, 0.4) is 0 Å². The zero-order chi connectivity index (χ0) is 13.0. The summed E-state index contributed by atoms with van der Waals surface area (Å²) in [5.74, 6) is -0.427. The minimum Gasteiger partial charge on any atom is -0.489 e. The van der Waals surface area contributed by atoms with Gasteiger partial charge in [-0.05, 0) is 24.3 Å². The summed E-state index contributed by atoms with van der Waals surface area (Å²) >= 11 is 5.82. The van der Waals surface area contributed by atoms with Crippen LogP contribution in [0, 0.1) is 0 Å². The molecule has 0 saturated heterocycles. The Bertz CT molecular complexity index is 572. The Morgan fingerprint density at radius 2 is 2.22 bits per heavy atom. The quantitative estimate of drug-likeness (QED) is 0.921. The lowest BCUT2D eigenvalue weighted by atomic mass is 10.1. The Morgan fingerprint density at radius 3 is 2.94 bits per heavy atom. The number of pyridine rings is 1. The number of carboxylic acids is 1. The van der Waals surface area contributed by atoms with E-state index in [0.29, 0.717) is 16.3 Å². The Kier molecular flexibility index (Phi) is 3.79. The molecule has 0 unspecified atom stereocenters. The number of hydrogen-bond acceptors (Lipinski definition) is 3. The zero-order valence-corrected chi connectivity index (χ0v) is 10.1. The molecule has 5 heteroatoms. The third-order valence-corrected chi connectivity index (χ3v) is 2.57. The maximum atomic E-state index is 11.0. The molecule has 0 atom stereocenters. The van der Waals surface area contributed by atoms with Gasteiger partial charge in [0.15, 0.2) is 0 Å². The summed E-state index contributed by atoms with van der Waals surface area (Å²) in [6.45, 7) is 0.157. The van der Waals surface area contributed by atoms with Gasteiger partial charge in [0.2, 0.25) is 0 Å². The molecule has 2 aromatic rings. The van der Waals surface area contributed by atoms with Crippen molar-refractivity contribution in [3.63, 3.8) is 0 Å². The molecule has 0 radical (unpaired) electrons. The van der Waals surface area contributed by atoms with Crippen LogP contribution in [0.4, 0.5) is 0 Å². The number of aromatic carboxylic acids is 1. The lowest BCUT2D eigenvalue weighted by Gasteiger charge is -2.08. The Morgan fingerprint density at radius 1 is 1.39 bits per heavy atom. The van der Waals surface area contributed by atoms with E-state index in [9.17, 15) is 4.79 Å². The summed E-state index contributed by atoms with van der Waals surface area (Å²) in [7, 11) is 0. The van der Waals surface area contributed by atoms with Crippen LogP contribution in [0.15, 0.2) is 42.7 Å². The smallest absolute Gasteiger partial charge is 0.337 e. The minimum absolute atomic E-state index is 0.138.